The van der Waals surface area contributed by atoms with E-state index >= 15 is 0 Å². The first kappa shape index (κ1) is 23.8. The predicted molar refractivity (Wildman–Crippen MR) is 135 cm³/mol. The van der Waals surface area contributed by atoms with E-state index in [2.05, 4.69) is 41.0 Å². The molecule has 2 heterocycles. The van der Waals surface area contributed by atoms with E-state index in [4.69, 9.17) is 15.5 Å². The molecule has 2 N–H and O–H groups in total. The number of anilines is 1. The molecule has 2 saturated heterocycles. The molecule has 2 aromatic rings. The molecule has 2 aromatic carbocycles. The van der Waals surface area contributed by atoms with E-state index in [0.717, 1.165) is 57.9 Å². The van der Waals surface area contributed by atoms with Gasteiger partial charge in [-0.1, -0.05) is 24.3 Å². The fourth-order valence-corrected chi connectivity index (χ4v) is 4.62. The Labute approximate surface area is 201 Å². The number of ether oxygens (including phenoxy) is 1. The number of guanidine groups is 1. The topological polar surface area (TPSA) is 54.1 Å². The van der Waals surface area contributed by atoms with Crippen LogP contribution in [0, 0.1) is 12.7 Å². The minimum Gasteiger partial charge on any atom is -0.381 e. The number of rotatable bonds is 4. The van der Waals surface area contributed by atoms with Crippen LogP contribution in [0.15, 0.2) is 53.5 Å². The summed E-state index contributed by atoms with van der Waals surface area (Å²) >= 11 is 0. The van der Waals surface area contributed by atoms with Gasteiger partial charge in [0.25, 0.3) is 0 Å². The summed E-state index contributed by atoms with van der Waals surface area (Å²) < 4.78 is 18.8. The molecule has 0 saturated carbocycles. The molecule has 2 aliphatic rings. The Morgan fingerprint density at radius 3 is 2.32 bits per heavy atom. The summed E-state index contributed by atoms with van der Waals surface area (Å²) in [5.41, 5.74) is 10.1. The van der Waals surface area contributed by atoms with Gasteiger partial charge in [0.2, 0.25) is 0 Å². The number of hydrogen-bond acceptors (Lipinski definition) is 3. The third-order valence-corrected chi connectivity index (χ3v) is 6.51. The fourth-order valence-electron chi connectivity index (χ4n) is 4.62. The van der Waals surface area contributed by atoms with Gasteiger partial charge in [-0.05, 0) is 55.2 Å². The van der Waals surface area contributed by atoms with Crippen molar-refractivity contribution in [2.24, 2.45) is 10.7 Å². The lowest BCUT2D eigenvalue weighted by atomic mass is 9.72. The van der Waals surface area contributed by atoms with E-state index in [0.29, 0.717) is 12.5 Å². The Morgan fingerprint density at radius 1 is 1.03 bits per heavy atom. The summed E-state index contributed by atoms with van der Waals surface area (Å²) in [6.45, 7) is 7.71. The van der Waals surface area contributed by atoms with Crippen molar-refractivity contribution in [3.8, 4) is 0 Å². The average molecular weight is 538 g/mol. The molecule has 0 amide bonds. The van der Waals surface area contributed by atoms with Crippen LogP contribution in [0.3, 0.4) is 0 Å². The van der Waals surface area contributed by atoms with Crippen LogP contribution in [0.1, 0.15) is 24.0 Å². The van der Waals surface area contributed by atoms with Gasteiger partial charge >= 0.3 is 0 Å². The highest BCUT2D eigenvalue weighted by Gasteiger charge is 2.35. The van der Waals surface area contributed by atoms with Crippen molar-refractivity contribution in [1.29, 1.82) is 0 Å². The van der Waals surface area contributed by atoms with Crippen LogP contribution in [0.2, 0.25) is 0 Å². The Morgan fingerprint density at radius 2 is 1.68 bits per heavy atom. The number of halogens is 2. The van der Waals surface area contributed by atoms with E-state index in [-0.39, 0.29) is 35.2 Å². The quantitative estimate of drug-likeness (QED) is 0.364. The summed E-state index contributed by atoms with van der Waals surface area (Å²) in [4.78, 5) is 9.29. The SMILES string of the molecule is Cc1ccccc1C1(CN=C(N)N2CCN(c3ccc(F)cc3)CC2)CCOCC1.I. The monoisotopic (exact) mass is 538 g/mol. The maximum Gasteiger partial charge on any atom is 0.191 e. The van der Waals surface area contributed by atoms with Crippen molar-refractivity contribution in [2.75, 3.05) is 50.8 Å². The zero-order valence-electron chi connectivity index (χ0n) is 18.1. The first-order valence-electron chi connectivity index (χ1n) is 10.8. The summed E-state index contributed by atoms with van der Waals surface area (Å²) in [7, 11) is 0. The standard InChI is InChI=1S/C24H31FN4O.HI/c1-19-4-2-3-5-22(19)24(10-16-30-17-11-24)18-27-23(26)29-14-12-28(13-15-29)21-8-6-20(25)7-9-21;/h2-9H,10-18H2,1H3,(H2,26,27);1H. The second-order valence-corrected chi connectivity index (χ2v) is 8.33. The highest BCUT2D eigenvalue weighted by Crippen LogP contribution is 2.37. The van der Waals surface area contributed by atoms with E-state index < -0.39 is 0 Å². The van der Waals surface area contributed by atoms with Crippen LogP contribution in [0.4, 0.5) is 10.1 Å². The van der Waals surface area contributed by atoms with Crippen molar-refractivity contribution in [2.45, 2.75) is 25.2 Å². The van der Waals surface area contributed by atoms with Crippen LogP contribution in [-0.2, 0) is 10.2 Å². The van der Waals surface area contributed by atoms with Gasteiger partial charge in [-0.3, -0.25) is 4.99 Å². The maximum atomic E-state index is 13.2. The molecule has 168 valence electrons. The third-order valence-electron chi connectivity index (χ3n) is 6.51. The van der Waals surface area contributed by atoms with Gasteiger partial charge < -0.3 is 20.3 Å². The minimum absolute atomic E-state index is 0. The van der Waals surface area contributed by atoms with Crippen LogP contribution in [0.25, 0.3) is 0 Å². The lowest BCUT2D eigenvalue weighted by Gasteiger charge is -2.39. The molecular formula is C24H32FIN4O. The summed E-state index contributed by atoms with van der Waals surface area (Å²) in [5, 5.41) is 0. The molecule has 31 heavy (non-hydrogen) atoms. The van der Waals surface area contributed by atoms with Gasteiger partial charge in [-0.15, -0.1) is 24.0 Å². The zero-order valence-corrected chi connectivity index (χ0v) is 20.4. The Bertz CT molecular complexity index is 875. The van der Waals surface area contributed by atoms with Gasteiger partial charge in [-0.25, -0.2) is 4.39 Å². The Hall–Kier alpha value is -1.87. The van der Waals surface area contributed by atoms with E-state index in [1.165, 1.54) is 23.3 Å². The number of aryl methyl sites for hydroxylation is 1. The highest BCUT2D eigenvalue weighted by molar-refractivity contribution is 14.0. The number of aliphatic imine (C=N–C) groups is 1. The zero-order chi connectivity index (χ0) is 21.0. The minimum atomic E-state index is -0.204. The molecule has 0 unspecified atom stereocenters. The molecule has 0 radical (unpaired) electrons. The van der Waals surface area contributed by atoms with Crippen molar-refractivity contribution >= 4 is 35.6 Å². The smallest absolute Gasteiger partial charge is 0.191 e. The average Bonchev–Trinajstić information content (AvgIpc) is 2.79. The van der Waals surface area contributed by atoms with Crippen molar-refractivity contribution in [1.82, 2.24) is 4.90 Å². The lowest BCUT2D eigenvalue weighted by molar-refractivity contribution is 0.0528. The van der Waals surface area contributed by atoms with Crippen molar-refractivity contribution < 1.29 is 9.13 Å². The molecule has 0 atom stereocenters. The van der Waals surface area contributed by atoms with E-state index in [1.807, 2.05) is 12.1 Å². The van der Waals surface area contributed by atoms with E-state index in [1.54, 1.807) is 0 Å². The number of nitrogens with zero attached hydrogens (tertiary/aromatic N) is 3. The van der Waals surface area contributed by atoms with Crippen LogP contribution >= 0.6 is 24.0 Å². The van der Waals surface area contributed by atoms with E-state index in [9.17, 15) is 4.39 Å². The Kier molecular flexibility index (Phi) is 8.16. The molecule has 2 fully saturated rings. The van der Waals surface area contributed by atoms with Gasteiger partial charge in [0.05, 0.1) is 6.54 Å². The van der Waals surface area contributed by atoms with Gasteiger partial charge in [0.1, 0.15) is 5.82 Å². The van der Waals surface area contributed by atoms with Crippen LogP contribution in [0.5, 0.6) is 0 Å². The molecule has 4 rings (SSSR count). The van der Waals surface area contributed by atoms with Crippen LogP contribution < -0.4 is 10.6 Å². The Balaban J connectivity index is 0.00000272. The molecule has 0 bridgehead atoms. The first-order chi connectivity index (χ1) is 14.6. The normalized spacial score (nSPS) is 19.1. The predicted octanol–water partition coefficient (Wildman–Crippen LogP) is 3.94. The second-order valence-electron chi connectivity index (χ2n) is 8.33. The van der Waals surface area contributed by atoms with Gasteiger partial charge in [0.15, 0.2) is 5.96 Å². The van der Waals surface area contributed by atoms with Crippen LogP contribution in [-0.4, -0.2) is 56.8 Å². The lowest BCUT2D eigenvalue weighted by Crippen LogP contribution is -2.51. The van der Waals surface area contributed by atoms with Gasteiger partial charge in [0, 0.05) is 50.5 Å². The molecule has 0 aliphatic carbocycles. The third kappa shape index (κ3) is 5.49. The molecule has 0 spiro atoms. The number of piperazine rings is 1. The number of benzene rings is 2. The molecule has 0 aromatic heterocycles. The summed E-state index contributed by atoms with van der Waals surface area (Å²) in [6, 6.07) is 15.3. The molecule has 2 aliphatic heterocycles. The fraction of sp³-hybridized carbons (Fsp3) is 0.458. The summed E-state index contributed by atoms with van der Waals surface area (Å²) in [6.07, 6.45) is 1.93. The molecule has 5 nitrogen and oxygen atoms in total. The highest BCUT2D eigenvalue weighted by atomic mass is 127. The van der Waals surface area contributed by atoms with Gasteiger partial charge in [-0.2, -0.15) is 0 Å². The maximum absolute atomic E-state index is 13.2. The second kappa shape index (κ2) is 10.6. The molecule has 7 heteroatoms. The number of nitrogens with two attached hydrogens (primary N) is 1. The molecular weight excluding hydrogens is 506 g/mol. The summed E-state index contributed by atoms with van der Waals surface area (Å²) in [5.74, 6) is 0.415. The number of hydrogen-bond donors (Lipinski definition) is 1. The largest absolute Gasteiger partial charge is 0.381 e. The first-order valence-corrected chi connectivity index (χ1v) is 10.8. The van der Waals surface area contributed by atoms with Crippen molar-refractivity contribution in [3.63, 3.8) is 0 Å². The van der Waals surface area contributed by atoms with Crippen molar-refractivity contribution in [3.05, 3.63) is 65.5 Å².